The third-order valence-electron chi connectivity index (χ3n) is 12.6. The summed E-state index contributed by atoms with van der Waals surface area (Å²) >= 11 is 0. The molecule has 0 spiro atoms. The normalized spacial score (nSPS) is 19.0. The Morgan fingerprint density at radius 1 is 0.538 bits per heavy atom. The van der Waals surface area contributed by atoms with Crippen LogP contribution in [0.2, 0.25) is 0 Å². The molecule has 278 valence electrons. The Kier molecular flexibility index (Phi) is 12.6. The average molecular weight is 701 g/mol. The Morgan fingerprint density at radius 3 is 1.38 bits per heavy atom. The van der Waals surface area contributed by atoms with Crippen molar-refractivity contribution in [2.75, 3.05) is 11.5 Å². The maximum atomic E-state index is 6.47. The molecule has 2 saturated carbocycles. The number of anilines is 2. The third-order valence-corrected chi connectivity index (χ3v) is 12.6. The molecular weight excluding hydrogens is 637 g/mol. The molecule has 4 aromatic rings. The van der Waals surface area contributed by atoms with Gasteiger partial charge in [-0.25, -0.2) is 0 Å². The number of aryl methyl sites for hydroxylation is 4. The largest absolute Gasteiger partial charge is 0.457 e. The summed E-state index contributed by atoms with van der Waals surface area (Å²) in [5.41, 5.74) is 20.9. The van der Waals surface area contributed by atoms with Crippen LogP contribution in [0.15, 0.2) is 72.8 Å². The standard InChI is InChI=1S/C48H64N2O2/c1-6-7-8-9-10-11-12-37-13-15-38(16-14-37)39-25-27-48(28-26-39,40-29-33(2)46(34(3)30-40)51-44-21-17-42(49)18-22-44)41-31-35(4)47(36(5)32-41)52-45-23-19-43(50)20-24-45/h17-24,29-32,37-39H,6-16,25-28,49-50H2,1-5H3/t37-,38+. The molecule has 2 aliphatic carbocycles. The molecule has 0 atom stereocenters. The van der Waals surface area contributed by atoms with Gasteiger partial charge in [-0.3, -0.25) is 0 Å². The molecule has 0 heterocycles. The Balaban J connectivity index is 1.22. The van der Waals surface area contributed by atoms with E-state index in [0.29, 0.717) is 0 Å². The minimum Gasteiger partial charge on any atom is -0.457 e. The molecule has 0 amide bonds. The fourth-order valence-electron chi connectivity index (χ4n) is 9.59. The number of unbranched alkanes of at least 4 members (excludes halogenated alkanes) is 5. The number of nitrogens with two attached hydrogens (primary N) is 2. The van der Waals surface area contributed by atoms with Crippen LogP contribution >= 0.6 is 0 Å². The van der Waals surface area contributed by atoms with E-state index in [1.54, 1.807) is 0 Å². The number of benzene rings is 4. The molecule has 0 aliphatic heterocycles. The Bertz CT molecular complexity index is 1590. The average Bonchev–Trinajstić information content (AvgIpc) is 3.14. The van der Waals surface area contributed by atoms with Crippen LogP contribution in [0.5, 0.6) is 23.0 Å². The molecule has 0 unspecified atom stereocenters. The van der Waals surface area contributed by atoms with Gasteiger partial charge in [0.1, 0.15) is 23.0 Å². The maximum absolute atomic E-state index is 6.47. The summed E-state index contributed by atoms with van der Waals surface area (Å²) in [6, 6.07) is 25.1. The number of ether oxygens (including phenoxy) is 2. The second-order valence-electron chi connectivity index (χ2n) is 16.5. The monoisotopic (exact) mass is 700 g/mol. The van der Waals surface area contributed by atoms with Crippen molar-refractivity contribution in [3.63, 3.8) is 0 Å². The zero-order chi connectivity index (χ0) is 36.7. The summed E-state index contributed by atoms with van der Waals surface area (Å²) in [6.45, 7) is 11.1. The van der Waals surface area contributed by atoms with Gasteiger partial charge in [0.25, 0.3) is 0 Å². The minimum absolute atomic E-state index is 0.0595. The van der Waals surface area contributed by atoms with Crippen molar-refractivity contribution < 1.29 is 9.47 Å². The van der Waals surface area contributed by atoms with E-state index in [1.807, 2.05) is 48.5 Å². The van der Waals surface area contributed by atoms with Crippen LogP contribution in [-0.2, 0) is 5.41 Å². The zero-order valence-corrected chi connectivity index (χ0v) is 32.7. The van der Waals surface area contributed by atoms with E-state index in [-0.39, 0.29) is 5.41 Å². The molecular formula is C48H64N2O2. The smallest absolute Gasteiger partial charge is 0.133 e. The van der Waals surface area contributed by atoms with Gasteiger partial charge in [0, 0.05) is 16.8 Å². The molecule has 52 heavy (non-hydrogen) atoms. The maximum Gasteiger partial charge on any atom is 0.133 e. The van der Waals surface area contributed by atoms with Gasteiger partial charge in [-0.1, -0.05) is 89.0 Å². The molecule has 6 rings (SSSR count). The van der Waals surface area contributed by atoms with E-state index < -0.39 is 0 Å². The highest BCUT2D eigenvalue weighted by molar-refractivity contribution is 5.55. The molecule has 0 aromatic heterocycles. The van der Waals surface area contributed by atoms with E-state index in [0.717, 1.165) is 52.1 Å². The topological polar surface area (TPSA) is 70.5 Å². The van der Waals surface area contributed by atoms with Crippen LogP contribution in [0.3, 0.4) is 0 Å². The van der Waals surface area contributed by atoms with Gasteiger partial charge in [-0.05, 0) is 166 Å². The van der Waals surface area contributed by atoms with Crippen LogP contribution in [0.25, 0.3) is 0 Å². The lowest BCUT2D eigenvalue weighted by Crippen LogP contribution is -2.36. The number of nitrogen functional groups attached to an aromatic ring is 2. The summed E-state index contributed by atoms with van der Waals surface area (Å²) < 4.78 is 12.9. The van der Waals surface area contributed by atoms with E-state index in [2.05, 4.69) is 58.9 Å². The van der Waals surface area contributed by atoms with Gasteiger partial charge >= 0.3 is 0 Å². The van der Waals surface area contributed by atoms with Gasteiger partial charge in [0.15, 0.2) is 0 Å². The van der Waals surface area contributed by atoms with Crippen LogP contribution in [0.1, 0.15) is 137 Å². The van der Waals surface area contributed by atoms with Crippen molar-refractivity contribution in [3.05, 3.63) is 106 Å². The Hall–Kier alpha value is -3.92. The first kappa shape index (κ1) is 37.8. The molecule has 0 saturated heterocycles. The van der Waals surface area contributed by atoms with Crippen LogP contribution in [0, 0.1) is 45.4 Å². The number of hydrogen-bond acceptors (Lipinski definition) is 4. The molecule has 0 radical (unpaired) electrons. The molecule has 4 heteroatoms. The predicted octanol–water partition coefficient (Wildman–Crippen LogP) is 13.7. The molecule has 4 N–H and O–H groups in total. The number of hydrogen-bond donors (Lipinski definition) is 2. The van der Waals surface area contributed by atoms with Gasteiger partial charge in [-0.2, -0.15) is 0 Å². The van der Waals surface area contributed by atoms with Gasteiger partial charge in [0.05, 0.1) is 0 Å². The van der Waals surface area contributed by atoms with Crippen molar-refractivity contribution in [1.82, 2.24) is 0 Å². The first-order valence-corrected chi connectivity index (χ1v) is 20.5. The lowest BCUT2D eigenvalue weighted by molar-refractivity contribution is 0.140. The first-order chi connectivity index (χ1) is 25.1. The van der Waals surface area contributed by atoms with E-state index >= 15 is 0 Å². The van der Waals surface area contributed by atoms with Crippen molar-refractivity contribution in [3.8, 4) is 23.0 Å². The lowest BCUT2D eigenvalue weighted by atomic mass is 9.59. The highest BCUT2D eigenvalue weighted by Gasteiger charge is 2.42. The third kappa shape index (κ3) is 8.99. The zero-order valence-electron chi connectivity index (χ0n) is 32.7. The molecule has 4 aromatic carbocycles. The van der Waals surface area contributed by atoms with Crippen LogP contribution in [0.4, 0.5) is 11.4 Å². The fraction of sp³-hybridized carbons (Fsp3) is 0.500. The summed E-state index contributed by atoms with van der Waals surface area (Å²) in [7, 11) is 0. The Labute approximate surface area is 314 Å². The van der Waals surface area contributed by atoms with Crippen molar-refractivity contribution >= 4 is 11.4 Å². The quantitative estimate of drug-likeness (QED) is 0.101. The molecule has 2 aliphatic rings. The van der Waals surface area contributed by atoms with Crippen molar-refractivity contribution in [2.24, 2.45) is 17.8 Å². The highest BCUT2D eigenvalue weighted by atomic mass is 16.5. The van der Waals surface area contributed by atoms with E-state index in [1.165, 1.54) is 130 Å². The second-order valence-corrected chi connectivity index (χ2v) is 16.5. The van der Waals surface area contributed by atoms with Crippen molar-refractivity contribution in [1.29, 1.82) is 0 Å². The second kappa shape index (κ2) is 17.3. The van der Waals surface area contributed by atoms with Gasteiger partial charge < -0.3 is 20.9 Å². The summed E-state index contributed by atoms with van der Waals surface area (Å²) in [5.74, 6) is 6.18. The molecule has 4 nitrogen and oxygen atoms in total. The SMILES string of the molecule is CCCCCCCC[C@H]1CC[C@@H](C2CCC(c3cc(C)c(Oc4ccc(N)cc4)c(C)c3)(c3cc(C)c(Oc4ccc(N)cc4)c(C)c3)CC2)CC1. The highest BCUT2D eigenvalue weighted by Crippen LogP contribution is 2.52. The van der Waals surface area contributed by atoms with Crippen LogP contribution < -0.4 is 20.9 Å². The van der Waals surface area contributed by atoms with Crippen LogP contribution in [-0.4, -0.2) is 0 Å². The summed E-state index contributed by atoms with van der Waals surface area (Å²) in [5, 5.41) is 0. The lowest BCUT2D eigenvalue weighted by Gasteiger charge is -2.45. The minimum atomic E-state index is -0.0595. The van der Waals surface area contributed by atoms with E-state index in [4.69, 9.17) is 20.9 Å². The van der Waals surface area contributed by atoms with Crippen molar-refractivity contribution in [2.45, 2.75) is 136 Å². The summed E-state index contributed by atoms with van der Waals surface area (Å²) in [6.07, 6.45) is 20.6. The van der Waals surface area contributed by atoms with Gasteiger partial charge in [-0.15, -0.1) is 0 Å². The summed E-state index contributed by atoms with van der Waals surface area (Å²) in [4.78, 5) is 0. The molecule has 0 bridgehead atoms. The Morgan fingerprint density at radius 2 is 0.942 bits per heavy atom. The number of rotatable bonds is 14. The fourth-order valence-corrected chi connectivity index (χ4v) is 9.59. The first-order valence-electron chi connectivity index (χ1n) is 20.5. The van der Waals surface area contributed by atoms with E-state index in [9.17, 15) is 0 Å². The predicted molar refractivity (Wildman–Crippen MR) is 220 cm³/mol. The van der Waals surface area contributed by atoms with Gasteiger partial charge in [0.2, 0.25) is 0 Å². The molecule has 2 fully saturated rings.